The van der Waals surface area contributed by atoms with E-state index in [0.29, 0.717) is 11.4 Å². The van der Waals surface area contributed by atoms with E-state index < -0.39 is 0 Å². The van der Waals surface area contributed by atoms with Gasteiger partial charge in [-0.25, -0.2) is 0 Å². The quantitative estimate of drug-likeness (QED) is 0.773. The fourth-order valence-corrected chi connectivity index (χ4v) is 1.98. The number of carbonyl (C=O) groups excluding carboxylic acids is 1. The van der Waals surface area contributed by atoms with Crippen molar-refractivity contribution in [3.8, 4) is 0 Å². The molecule has 0 aliphatic heterocycles. The molecule has 0 spiro atoms. The Balaban J connectivity index is 2.35. The standard InChI is InChI=1S/C14H12ClNO/c15-13-3-1-11(2-4-13)14(7-10-17)12-5-8-16-9-6-12/h1-6,8-10,14H,7H2. The molecule has 1 aromatic heterocycles. The minimum absolute atomic E-state index is 0.0766. The minimum Gasteiger partial charge on any atom is -0.303 e. The van der Waals surface area contributed by atoms with E-state index in [4.69, 9.17) is 11.6 Å². The first kappa shape index (κ1) is 11.8. The molecule has 0 radical (unpaired) electrons. The van der Waals surface area contributed by atoms with Gasteiger partial charge in [0, 0.05) is 29.8 Å². The van der Waals surface area contributed by atoms with Gasteiger partial charge < -0.3 is 4.79 Å². The zero-order valence-electron chi connectivity index (χ0n) is 9.21. The topological polar surface area (TPSA) is 30.0 Å². The molecule has 17 heavy (non-hydrogen) atoms. The first-order valence-corrected chi connectivity index (χ1v) is 5.78. The third kappa shape index (κ3) is 2.92. The second kappa shape index (κ2) is 5.60. The van der Waals surface area contributed by atoms with Crippen LogP contribution in [-0.2, 0) is 4.79 Å². The summed E-state index contributed by atoms with van der Waals surface area (Å²) < 4.78 is 0. The number of hydrogen-bond donors (Lipinski definition) is 0. The Morgan fingerprint density at radius 3 is 2.24 bits per heavy atom. The Bertz CT molecular complexity index is 481. The molecule has 1 heterocycles. The molecule has 0 bridgehead atoms. The number of nitrogens with zero attached hydrogens (tertiary/aromatic N) is 1. The Morgan fingerprint density at radius 2 is 1.65 bits per heavy atom. The summed E-state index contributed by atoms with van der Waals surface area (Å²) in [5.74, 6) is 0.0766. The van der Waals surface area contributed by atoms with Crippen LogP contribution in [0.5, 0.6) is 0 Å². The number of pyridine rings is 1. The summed E-state index contributed by atoms with van der Waals surface area (Å²) >= 11 is 5.86. The number of halogens is 1. The second-order valence-corrected chi connectivity index (χ2v) is 4.22. The van der Waals surface area contributed by atoms with Gasteiger partial charge in [-0.05, 0) is 35.4 Å². The Labute approximate surface area is 105 Å². The van der Waals surface area contributed by atoms with Gasteiger partial charge in [0.2, 0.25) is 0 Å². The van der Waals surface area contributed by atoms with Crippen LogP contribution in [-0.4, -0.2) is 11.3 Å². The van der Waals surface area contributed by atoms with Crippen LogP contribution >= 0.6 is 11.6 Å². The van der Waals surface area contributed by atoms with Crippen LogP contribution in [0.2, 0.25) is 5.02 Å². The molecular formula is C14H12ClNO. The summed E-state index contributed by atoms with van der Waals surface area (Å²) in [6.07, 6.45) is 4.89. The van der Waals surface area contributed by atoms with Crippen molar-refractivity contribution in [3.05, 3.63) is 64.9 Å². The molecule has 0 aliphatic carbocycles. The van der Waals surface area contributed by atoms with E-state index in [1.165, 1.54) is 0 Å². The summed E-state index contributed by atoms with van der Waals surface area (Å²) in [6.45, 7) is 0. The lowest BCUT2D eigenvalue weighted by Gasteiger charge is -2.14. The largest absolute Gasteiger partial charge is 0.303 e. The van der Waals surface area contributed by atoms with Crippen LogP contribution in [0.25, 0.3) is 0 Å². The lowest BCUT2D eigenvalue weighted by atomic mass is 9.90. The first-order valence-electron chi connectivity index (χ1n) is 5.40. The molecular weight excluding hydrogens is 234 g/mol. The third-order valence-corrected chi connectivity index (χ3v) is 2.96. The van der Waals surface area contributed by atoms with E-state index in [1.807, 2.05) is 36.4 Å². The second-order valence-electron chi connectivity index (χ2n) is 3.79. The number of carbonyl (C=O) groups is 1. The maximum absolute atomic E-state index is 10.8. The summed E-state index contributed by atoms with van der Waals surface area (Å²) in [5.41, 5.74) is 2.18. The lowest BCUT2D eigenvalue weighted by Crippen LogP contribution is -2.01. The van der Waals surface area contributed by atoms with Crippen LogP contribution in [0.1, 0.15) is 23.5 Å². The van der Waals surface area contributed by atoms with Crippen molar-refractivity contribution in [1.29, 1.82) is 0 Å². The molecule has 0 N–H and O–H groups in total. The van der Waals surface area contributed by atoms with Crippen LogP contribution < -0.4 is 0 Å². The number of aromatic nitrogens is 1. The fourth-order valence-electron chi connectivity index (χ4n) is 1.85. The van der Waals surface area contributed by atoms with Crippen LogP contribution in [0, 0.1) is 0 Å². The van der Waals surface area contributed by atoms with Crippen LogP contribution in [0.3, 0.4) is 0 Å². The van der Waals surface area contributed by atoms with Crippen LogP contribution in [0.4, 0.5) is 0 Å². The highest BCUT2D eigenvalue weighted by Crippen LogP contribution is 2.27. The van der Waals surface area contributed by atoms with Gasteiger partial charge in [-0.1, -0.05) is 23.7 Å². The van der Waals surface area contributed by atoms with E-state index in [1.54, 1.807) is 12.4 Å². The molecule has 0 amide bonds. The normalized spacial score (nSPS) is 12.1. The minimum atomic E-state index is 0.0766. The SMILES string of the molecule is O=CCC(c1ccncc1)c1ccc(Cl)cc1. The smallest absolute Gasteiger partial charge is 0.120 e. The van der Waals surface area contributed by atoms with E-state index in [9.17, 15) is 4.79 Å². The van der Waals surface area contributed by atoms with Gasteiger partial charge in [0.25, 0.3) is 0 Å². The molecule has 0 saturated heterocycles. The van der Waals surface area contributed by atoms with E-state index >= 15 is 0 Å². The predicted molar refractivity (Wildman–Crippen MR) is 68.2 cm³/mol. The molecule has 1 unspecified atom stereocenters. The highest BCUT2D eigenvalue weighted by molar-refractivity contribution is 6.30. The zero-order valence-corrected chi connectivity index (χ0v) is 9.97. The predicted octanol–water partition coefficient (Wildman–Crippen LogP) is 3.46. The average molecular weight is 246 g/mol. The Morgan fingerprint density at radius 1 is 1.06 bits per heavy atom. The van der Waals surface area contributed by atoms with Crippen molar-refractivity contribution in [1.82, 2.24) is 4.98 Å². The van der Waals surface area contributed by atoms with E-state index in [0.717, 1.165) is 17.4 Å². The molecule has 1 aromatic carbocycles. The molecule has 3 heteroatoms. The van der Waals surface area contributed by atoms with Crippen molar-refractivity contribution in [2.24, 2.45) is 0 Å². The van der Waals surface area contributed by atoms with Gasteiger partial charge in [0.15, 0.2) is 0 Å². The Kier molecular flexibility index (Phi) is 3.89. The van der Waals surface area contributed by atoms with Crippen molar-refractivity contribution in [3.63, 3.8) is 0 Å². The zero-order chi connectivity index (χ0) is 12.1. The highest BCUT2D eigenvalue weighted by Gasteiger charge is 2.13. The maximum Gasteiger partial charge on any atom is 0.120 e. The fraction of sp³-hybridized carbons (Fsp3) is 0.143. The van der Waals surface area contributed by atoms with E-state index in [-0.39, 0.29) is 5.92 Å². The number of benzene rings is 1. The molecule has 1 atom stereocenters. The van der Waals surface area contributed by atoms with Crippen molar-refractivity contribution < 1.29 is 4.79 Å². The molecule has 0 saturated carbocycles. The van der Waals surface area contributed by atoms with Crippen molar-refractivity contribution in [2.45, 2.75) is 12.3 Å². The molecule has 0 fully saturated rings. The summed E-state index contributed by atoms with van der Waals surface area (Å²) in [6, 6.07) is 11.5. The first-order chi connectivity index (χ1) is 8.31. The number of rotatable bonds is 4. The Hall–Kier alpha value is -1.67. The summed E-state index contributed by atoms with van der Waals surface area (Å²) in [7, 11) is 0. The van der Waals surface area contributed by atoms with Gasteiger partial charge in [-0.3, -0.25) is 4.98 Å². The molecule has 2 rings (SSSR count). The molecule has 0 aliphatic rings. The molecule has 86 valence electrons. The maximum atomic E-state index is 10.8. The van der Waals surface area contributed by atoms with Gasteiger partial charge in [-0.2, -0.15) is 0 Å². The molecule has 2 nitrogen and oxygen atoms in total. The lowest BCUT2D eigenvalue weighted by molar-refractivity contribution is -0.108. The average Bonchev–Trinajstić information content (AvgIpc) is 2.38. The van der Waals surface area contributed by atoms with E-state index in [2.05, 4.69) is 4.98 Å². The van der Waals surface area contributed by atoms with Crippen molar-refractivity contribution in [2.75, 3.05) is 0 Å². The number of hydrogen-bond acceptors (Lipinski definition) is 2. The molecule has 2 aromatic rings. The van der Waals surface area contributed by atoms with Gasteiger partial charge in [0.05, 0.1) is 0 Å². The summed E-state index contributed by atoms with van der Waals surface area (Å²) in [5, 5.41) is 0.702. The van der Waals surface area contributed by atoms with Gasteiger partial charge in [0.1, 0.15) is 6.29 Å². The summed E-state index contributed by atoms with van der Waals surface area (Å²) in [4.78, 5) is 14.8. The monoisotopic (exact) mass is 245 g/mol. The van der Waals surface area contributed by atoms with Gasteiger partial charge >= 0.3 is 0 Å². The number of aldehydes is 1. The van der Waals surface area contributed by atoms with Gasteiger partial charge in [-0.15, -0.1) is 0 Å². The highest BCUT2D eigenvalue weighted by atomic mass is 35.5. The van der Waals surface area contributed by atoms with Crippen LogP contribution in [0.15, 0.2) is 48.8 Å². The van der Waals surface area contributed by atoms with Crippen molar-refractivity contribution >= 4 is 17.9 Å². The third-order valence-electron chi connectivity index (χ3n) is 2.71.